The zero-order valence-electron chi connectivity index (χ0n) is 14.4. The normalized spacial score (nSPS) is 27.1. The zero-order chi connectivity index (χ0) is 17.5. The summed E-state index contributed by atoms with van der Waals surface area (Å²) in [6, 6.07) is 8.53. The summed E-state index contributed by atoms with van der Waals surface area (Å²) in [5.74, 6) is 0. The van der Waals surface area contributed by atoms with Gasteiger partial charge < -0.3 is 9.64 Å². The number of rotatable bonds is 2. The minimum Gasteiger partial charge on any atom is -0.444 e. The molecule has 2 aliphatic heterocycles. The zero-order valence-corrected chi connectivity index (χ0v) is 15.3. The van der Waals surface area contributed by atoms with Crippen LogP contribution in [0.1, 0.15) is 46.5 Å². The van der Waals surface area contributed by atoms with Crippen molar-refractivity contribution in [1.29, 1.82) is 0 Å². The van der Waals surface area contributed by atoms with Gasteiger partial charge in [-0.15, -0.1) is 0 Å². The average Bonchev–Trinajstić information content (AvgIpc) is 2.77. The lowest BCUT2D eigenvalue weighted by molar-refractivity contribution is 0.00813. The molecule has 24 heavy (non-hydrogen) atoms. The van der Waals surface area contributed by atoms with Crippen LogP contribution >= 0.6 is 0 Å². The largest absolute Gasteiger partial charge is 0.444 e. The lowest BCUT2D eigenvalue weighted by Crippen LogP contribution is -2.51. The van der Waals surface area contributed by atoms with E-state index >= 15 is 0 Å². The second-order valence-electron chi connectivity index (χ2n) is 7.72. The van der Waals surface area contributed by atoms with E-state index in [9.17, 15) is 13.2 Å². The maximum atomic E-state index is 12.9. The molecule has 2 bridgehead atoms. The van der Waals surface area contributed by atoms with Gasteiger partial charge in [0.15, 0.2) is 9.84 Å². The first-order chi connectivity index (χ1) is 11.2. The van der Waals surface area contributed by atoms with Gasteiger partial charge >= 0.3 is 6.09 Å². The number of benzene rings is 1. The van der Waals surface area contributed by atoms with Crippen molar-refractivity contribution < 1.29 is 17.9 Å². The monoisotopic (exact) mass is 351 g/mol. The fourth-order valence-electron chi connectivity index (χ4n) is 3.80. The predicted octanol–water partition coefficient (Wildman–Crippen LogP) is 3.39. The van der Waals surface area contributed by atoms with Crippen molar-refractivity contribution in [1.82, 2.24) is 4.90 Å². The Balaban J connectivity index is 1.77. The van der Waals surface area contributed by atoms with Crippen molar-refractivity contribution in [2.24, 2.45) is 0 Å². The summed E-state index contributed by atoms with van der Waals surface area (Å²) in [6.07, 6.45) is 2.38. The third-order valence-corrected chi connectivity index (χ3v) is 7.00. The van der Waals surface area contributed by atoms with Crippen molar-refractivity contribution in [2.75, 3.05) is 0 Å². The van der Waals surface area contributed by atoms with Gasteiger partial charge in [0.2, 0.25) is 0 Å². The maximum absolute atomic E-state index is 12.9. The SMILES string of the molecule is CC(C)(C)OC(=O)N1[C@@H]2CC[C@H]1C[C@H](S(=O)(=O)c1ccccc1)C2. The first kappa shape index (κ1) is 17.3. The van der Waals surface area contributed by atoms with Gasteiger partial charge in [0.1, 0.15) is 5.60 Å². The van der Waals surface area contributed by atoms with Crippen LogP contribution in [0.4, 0.5) is 4.79 Å². The van der Waals surface area contributed by atoms with E-state index in [-0.39, 0.29) is 18.2 Å². The van der Waals surface area contributed by atoms with Gasteiger partial charge in [0, 0.05) is 12.1 Å². The summed E-state index contributed by atoms with van der Waals surface area (Å²) in [7, 11) is -3.35. The van der Waals surface area contributed by atoms with Gasteiger partial charge in [0.05, 0.1) is 10.1 Å². The molecule has 132 valence electrons. The Morgan fingerprint density at radius 2 is 1.62 bits per heavy atom. The van der Waals surface area contributed by atoms with Crippen LogP contribution in [0.15, 0.2) is 35.2 Å². The van der Waals surface area contributed by atoms with Crippen LogP contribution in [0.2, 0.25) is 0 Å². The number of nitrogens with zero attached hydrogens (tertiary/aromatic N) is 1. The smallest absolute Gasteiger partial charge is 0.410 e. The van der Waals surface area contributed by atoms with E-state index in [1.54, 1.807) is 29.2 Å². The third-order valence-electron chi connectivity index (χ3n) is 4.80. The number of carbonyl (C=O) groups is 1. The molecule has 2 fully saturated rings. The average molecular weight is 351 g/mol. The molecule has 0 saturated carbocycles. The van der Waals surface area contributed by atoms with E-state index in [4.69, 9.17) is 4.74 Å². The maximum Gasteiger partial charge on any atom is 0.410 e. The molecule has 1 amide bonds. The molecule has 0 spiro atoms. The first-order valence-electron chi connectivity index (χ1n) is 8.49. The van der Waals surface area contributed by atoms with Gasteiger partial charge in [-0.3, -0.25) is 0 Å². The Morgan fingerprint density at radius 1 is 1.08 bits per heavy atom. The number of hydrogen-bond acceptors (Lipinski definition) is 4. The van der Waals surface area contributed by atoms with Crippen molar-refractivity contribution in [3.63, 3.8) is 0 Å². The number of fused-ring (bicyclic) bond motifs is 2. The van der Waals surface area contributed by atoms with Gasteiger partial charge in [-0.05, 0) is 58.6 Å². The number of amides is 1. The van der Waals surface area contributed by atoms with Crippen molar-refractivity contribution in [2.45, 2.75) is 74.3 Å². The number of ether oxygens (including phenoxy) is 1. The summed E-state index contributed by atoms with van der Waals surface area (Å²) in [5.41, 5.74) is -0.538. The summed E-state index contributed by atoms with van der Waals surface area (Å²) in [4.78, 5) is 14.6. The Bertz CT molecular complexity index is 694. The number of sulfone groups is 1. The summed E-state index contributed by atoms with van der Waals surface area (Å²) in [5, 5.41) is -0.420. The van der Waals surface area contributed by atoms with Crippen LogP contribution in [-0.2, 0) is 14.6 Å². The Kier molecular flexibility index (Phi) is 4.36. The molecular weight excluding hydrogens is 326 g/mol. The van der Waals surface area contributed by atoms with Gasteiger partial charge in [0.25, 0.3) is 0 Å². The molecular formula is C18H25NO4S. The van der Waals surface area contributed by atoms with E-state index in [0.717, 1.165) is 12.8 Å². The van der Waals surface area contributed by atoms with Gasteiger partial charge in [-0.25, -0.2) is 13.2 Å². The van der Waals surface area contributed by atoms with E-state index in [1.807, 2.05) is 26.8 Å². The van der Waals surface area contributed by atoms with Crippen LogP contribution < -0.4 is 0 Å². The van der Waals surface area contributed by atoms with Crippen LogP contribution in [-0.4, -0.2) is 42.3 Å². The lowest BCUT2D eigenvalue weighted by Gasteiger charge is -2.39. The molecule has 3 atom stereocenters. The summed E-state index contributed by atoms with van der Waals surface area (Å²) >= 11 is 0. The van der Waals surface area contributed by atoms with Crippen LogP contribution in [0, 0.1) is 0 Å². The minimum atomic E-state index is -3.35. The quantitative estimate of drug-likeness (QED) is 0.819. The van der Waals surface area contributed by atoms with Crippen molar-refractivity contribution in [3.8, 4) is 0 Å². The molecule has 0 N–H and O–H groups in total. The molecule has 1 aromatic carbocycles. The number of hydrogen-bond donors (Lipinski definition) is 0. The highest BCUT2D eigenvalue weighted by Crippen LogP contribution is 2.40. The fraction of sp³-hybridized carbons (Fsp3) is 0.611. The molecule has 5 nitrogen and oxygen atoms in total. The second kappa shape index (κ2) is 6.06. The van der Waals surface area contributed by atoms with E-state index in [2.05, 4.69) is 0 Å². The van der Waals surface area contributed by atoms with E-state index in [0.29, 0.717) is 17.7 Å². The van der Waals surface area contributed by atoms with Crippen LogP contribution in [0.3, 0.4) is 0 Å². The van der Waals surface area contributed by atoms with Gasteiger partial charge in [-0.2, -0.15) is 0 Å². The Labute approximate surface area is 143 Å². The number of carbonyl (C=O) groups excluding carboxylic acids is 1. The lowest BCUT2D eigenvalue weighted by atomic mass is 10.0. The van der Waals surface area contributed by atoms with E-state index < -0.39 is 20.7 Å². The first-order valence-corrected chi connectivity index (χ1v) is 10.0. The Hall–Kier alpha value is -1.56. The minimum absolute atomic E-state index is 0.0397. The summed E-state index contributed by atoms with van der Waals surface area (Å²) in [6.45, 7) is 5.54. The molecule has 0 aliphatic carbocycles. The number of piperidine rings is 1. The van der Waals surface area contributed by atoms with Crippen molar-refractivity contribution >= 4 is 15.9 Å². The van der Waals surface area contributed by atoms with Crippen molar-refractivity contribution in [3.05, 3.63) is 30.3 Å². The molecule has 2 aliphatic rings. The Morgan fingerprint density at radius 3 is 2.12 bits per heavy atom. The topological polar surface area (TPSA) is 63.7 Å². The highest BCUT2D eigenvalue weighted by atomic mass is 32.2. The molecule has 2 saturated heterocycles. The molecule has 0 aromatic heterocycles. The fourth-order valence-corrected chi connectivity index (χ4v) is 5.67. The highest BCUT2D eigenvalue weighted by molar-refractivity contribution is 7.92. The molecule has 1 aromatic rings. The summed E-state index contributed by atoms with van der Waals surface area (Å²) < 4.78 is 31.3. The molecule has 3 rings (SSSR count). The molecule has 0 radical (unpaired) electrons. The molecule has 0 unspecified atom stereocenters. The standard InChI is InChI=1S/C18H25NO4S/c1-18(2,3)23-17(20)19-13-9-10-14(19)12-16(11-13)24(21,22)15-7-5-4-6-8-15/h4-8,13-14,16H,9-12H2,1-3H3/t13-,14+,16-. The van der Waals surface area contributed by atoms with Crippen LogP contribution in [0.25, 0.3) is 0 Å². The van der Waals surface area contributed by atoms with Gasteiger partial charge in [-0.1, -0.05) is 18.2 Å². The molecule has 2 heterocycles. The highest BCUT2D eigenvalue weighted by Gasteiger charge is 2.48. The van der Waals surface area contributed by atoms with E-state index in [1.165, 1.54) is 0 Å². The van der Waals surface area contributed by atoms with Crippen LogP contribution in [0.5, 0.6) is 0 Å². The second-order valence-corrected chi connectivity index (χ2v) is 9.95. The molecule has 6 heteroatoms. The predicted molar refractivity (Wildman–Crippen MR) is 91.5 cm³/mol. The third kappa shape index (κ3) is 3.29.